The van der Waals surface area contributed by atoms with Gasteiger partial charge >= 0.3 is 0 Å². The number of rotatable bonds is 16. The van der Waals surface area contributed by atoms with Crippen LogP contribution in [0.3, 0.4) is 0 Å². The Morgan fingerprint density at radius 1 is 0.562 bits per heavy atom. The van der Waals surface area contributed by atoms with Crippen molar-refractivity contribution in [2.45, 2.75) is 162 Å². The lowest BCUT2D eigenvalue weighted by Crippen LogP contribution is -2.66. The summed E-state index contributed by atoms with van der Waals surface area (Å²) in [6.45, 7) is 14.8. The predicted molar refractivity (Wildman–Crippen MR) is 278 cm³/mol. The van der Waals surface area contributed by atoms with E-state index in [1.54, 1.807) is 37.7 Å². The zero-order valence-corrected chi connectivity index (χ0v) is 44.9. The van der Waals surface area contributed by atoms with Gasteiger partial charge in [-0.3, -0.25) is 38.4 Å². The highest BCUT2D eigenvalue weighted by Crippen LogP contribution is 2.32. The van der Waals surface area contributed by atoms with Gasteiger partial charge in [-0.05, 0) is 106 Å². The maximum absolute atomic E-state index is 14.6. The summed E-state index contributed by atoms with van der Waals surface area (Å²) in [5.74, 6) is -2.85. The molecular weight excluding hydrogens is 929 g/mol. The van der Waals surface area contributed by atoms with E-state index in [9.17, 15) is 38.4 Å². The second-order valence-electron chi connectivity index (χ2n) is 22.6. The molecule has 2 heterocycles. The van der Waals surface area contributed by atoms with Gasteiger partial charge in [0, 0.05) is 39.0 Å². The Hall–Kier alpha value is -5.88. The summed E-state index contributed by atoms with van der Waals surface area (Å²) in [7, 11) is 3.32. The summed E-state index contributed by atoms with van der Waals surface area (Å²) in [5, 5.41) is 18.1. The standard InChI is InChI=1S/C55H82N10O8/c1-34(56-9)48(68)60-46(54(3,4)5)52(72)64-30-28-62(32-42(64)50(70)58-40-24-15-20-36-18-11-13-22-38(36)40)44(66)26-17-27-45(67)63-29-31-65(53(73)47(55(6,7)8)61-49(69)35(2)57-10)43(33-63)51(71)59-41-25-16-21-37-19-12-14-23-39(37)41/h11-14,18-19,22-23,34-35,40-43,46-47,56-57H,15-17,20-21,24-33H2,1-10H3,(H,58,70)(H,59,71)(H,60,68)(H,61,69)/t34-,35-,40+,41+,42-,43-,46+,47+/m0/s1. The van der Waals surface area contributed by atoms with Crippen molar-refractivity contribution in [2.24, 2.45) is 10.8 Å². The number of amides is 8. The molecule has 4 aliphatic rings. The van der Waals surface area contributed by atoms with Gasteiger partial charge in [0.15, 0.2) is 0 Å². The molecule has 8 amide bonds. The quantitative estimate of drug-likeness (QED) is 0.144. The molecule has 0 saturated carbocycles. The van der Waals surface area contributed by atoms with Gasteiger partial charge in [0.25, 0.3) is 0 Å². The van der Waals surface area contributed by atoms with E-state index in [1.165, 1.54) is 9.80 Å². The average Bonchev–Trinajstić information content (AvgIpc) is 3.37. The van der Waals surface area contributed by atoms with Gasteiger partial charge < -0.3 is 51.5 Å². The summed E-state index contributed by atoms with van der Waals surface area (Å²) >= 11 is 0. The van der Waals surface area contributed by atoms with E-state index in [4.69, 9.17) is 0 Å². The number of fused-ring (bicyclic) bond motifs is 2. The number of carbonyl (C=O) groups excluding carboxylic acids is 8. The van der Waals surface area contributed by atoms with E-state index in [1.807, 2.05) is 77.9 Å². The van der Waals surface area contributed by atoms with Crippen molar-refractivity contribution in [1.82, 2.24) is 51.5 Å². The number of nitrogens with zero attached hydrogens (tertiary/aromatic N) is 4. The Morgan fingerprint density at radius 2 is 0.932 bits per heavy atom. The summed E-state index contributed by atoms with van der Waals surface area (Å²) in [6.07, 6.45) is 5.18. The van der Waals surface area contributed by atoms with E-state index in [0.717, 1.165) is 60.8 Å². The van der Waals surface area contributed by atoms with Gasteiger partial charge in [-0.15, -0.1) is 0 Å². The lowest BCUT2D eigenvalue weighted by Gasteiger charge is -2.44. The zero-order chi connectivity index (χ0) is 53.4. The molecule has 0 radical (unpaired) electrons. The molecule has 2 aromatic rings. The first-order valence-corrected chi connectivity index (χ1v) is 26.4. The Kier molecular flexibility index (Phi) is 18.9. The summed E-state index contributed by atoms with van der Waals surface area (Å²) < 4.78 is 0. The minimum Gasteiger partial charge on any atom is -0.347 e. The molecule has 0 unspecified atom stereocenters. The monoisotopic (exact) mass is 1010 g/mol. The van der Waals surface area contributed by atoms with Gasteiger partial charge in [0.2, 0.25) is 47.3 Å². The first-order valence-electron chi connectivity index (χ1n) is 26.4. The van der Waals surface area contributed by atoms with Crippen molar-refractivity contribution >= 4 is 47.3 Å². The number of hydrogen-bond donors (Lipinski definition) is 6. The summed E-state index contributed by atoms with van der Waals surface area (Å²) in [4.78, 5) is 119. The SMILES string of the molecule is CN[C@@H](C)C(=O)N[C@H](C(=O)N1CCN(C(=O)CCCC(=O)N2CCN(C(=O)[C@@H](NC(=O)[C@H](C)NC)C(C)(C)C)[C@H](C(=O)N[C@@H]3CCCc4ccccc43)C2)C[C@H]1C(=O)N[C@@H]1CCCc2ccccc21)C(C)(C)C. The molecule has 0 spiro atoms. The Bertz CT molecular complexity index is 2190. The highest BCUT2D eigenvalue weighted by molar-refractivity contribution is 5.96. The lowest BCUT2D eigenvalue weighted by atomic mass is 9.85. The van der Waals surface area contributed by atoms with E-state index >= 15 is 0 Å². The topological polar surface area (TPSA) is 222 Å². The fraction of sp³-hybridized carbons (Fsp3) is 0.636. The van der Waals surface area contributed by atoms with Crippen LogP contribution in [0, 0.1) is 10.8 Å². The highest BCUT2D eigenvalue weighted by atomic mass is 16.2. The van der Waals surface area contributed by atoms with Gasteiger partial charge in [-0.25, -0.2) is 0 Å². The van der Waals surface area contributed by atoms with E-state index in [-0.39, 0.29) is 94.2 Å². The minimum absolute atomic E-state index is 0.00589. The number of hydrogen-bond acceptors (Lipinski definition) is 10. The average molecular weight is 1010 g/mol. The number of benzene rings is 2. The normalized spacial score (nSPS) is 21.8. The second kappa shape index (κ2) is 24.4. The third-order valence-corrected chi connectivity index (χ3v) is 15.2. The minimum atomic E-state index is -1.05. The molecule has 2 saturated heterocycles. The fourth-order valence-electron chi connectivity index (χ4n) is 10.5. The smallest absolute Gasteiger partial charge is 0.246 e. The van der Waals surface area contributed by atoms with Gasteiger partial charge in [-0.2, -0.15) is 0 Å². The molecule has 18 heteroatoms. The Labute approximate surface area is 432 Å². The molecule has 400 valence electrons. The Balaban J connectivity index is 1.16. The van der Waals surface area contributed by atoms with Crippen LogP contribution < -0.4 is 31.9 Å². The highest BCUT2D eigenvalue weighted by Gasteiger charge is 2.46. The van der Waals surface area contributed by atoms with Crippen LogP contribution >= 0.6 is 0 Å². The maximum Gasteiger partial charge on any atom is 0.246 e. The molecule has 2 aromatic carbocycles. The predicted octanol–water partition coefficient (Wildman–Crippen LogP) is 2.90. The molecule has 6 N–H and O–H groups in total. The first kappa shape index (κ1) is 56.4. The number of likely N-dealkylation sites (N-methyl/N-ethyl adjacent to an activating group) is 2. The molecule has 8 atom stereocenters. The van der Waals surface area contributed by atoms with Crippen LogP contribution in [0.5, 0.6) is 0 Å². The van der Waals surface area contributed by atoms with Crippen molar-refractivity contribution in [3.05, 3.63) is 70.8 Å². The lowest BCUT2D eigenvalue weighted by molar-refractivity contribution is -0.153. The van der Waals surface area contributed by atoms with Crippen molar-refractivity contribution < 1.29 is 38.4 Å². The largest absolute Gasteiger partial charge is 0.347 e. The van der Waals surface area contributed by atoms with Crippen LogP contribution in [0.2, 0.25) is 0 Å². The van der Waals surface area contributed by atoms with E-state index < -0.39 is 70.7 Å². The molecule has 2 aliphatic carbocycles. The van der Waals surface area contributed by atoms with Crippen molar-refractivity contribution in [3.8, 4) is 0 Å². The molecule has 2 aliphatic heterocycles. The zero-order valence-electron chi connectivity index (χ0n) is 44.9. The third-order valence-electron chi connectivity index (χ3n) is 15.2. The van der Waals surface area contributed by atoms with Crippen LogP contribution in [0.4, 0.5) is 0 Å². The number of carbonyl (C=O) groups is 8. The summed E-state index contributed by atoms with van der Waals surface area (Å²) in [5.41, 5.74) is 2.95. The van der Waals surface area contributed by atoms with E-state index in [0.29, 0.717) is 0 Å². The van der Waals surface area contributed by atoms with Crippen LogP contribution in [0.1, 0.15) is 135 Å². The number of piperazine rings is 2. The van der Waals surface area contributed by atoms with Crippen molar-refractivity contribution in [3.63, 3.8) is 0 Å². The maximum atomic E-state index is 14.6. The van der Waals surface area contributed by atoms with Crippen LogP contribution in [0.15, 0.2) is 48.5 Å². The molecule has 73 heavy (non-hydrogen) atoms. The van der Waals surface area contributed by atoms with Crippen LogP contribution in [-0.4, -0.2) is 156 Å². The second-order valence-corrected chi connectivity index (χ2v) is 22.6. The number of nitrogens with one attached hydrogen (secondary N) is 6. The number of aryl methyl sites for hydroxylation is 2. The first-order chi connectivity index (χ1) is 34.5. The molecule has 2 fully saturated rings. The van der Waals surface area contributed by atoms with Gasteiger partial charge in [0.05, 0.1) is 37.3 Å². The van der Waals surface area contributed by atoms with E-state index in [2.05, 4.69) is 44.0 Å². The molecule has 0 bridgehead atoms. The van der Waals surface area contributed by atoms with Gasteiger partial charge in [-0.1, -0.05) is 90.1 Å². The third kappa shape index (κ3) is 13.8. The fourth-order valence-corrected chi connectivity index (χ4v) is 10.5. The van der Waals surface area contributed by atoms with Gasteiger partial charge in [0.1, 0.15) is 24.2 Å². The molecular formula is C55H82N10O8. The molecule has 18 nitrogen and oxygen atoms in total. The molecule has 6 rings (SSSR count). The van der Waals surface area contributed by atoms with Crippen LogP contribution in [0.25, 0.3) is 0 Å². The van der Waals surface area contributed by atoms with Crippen molar-refractivity contribution in [1.29, 1.82) is 0 Å². The van der Waals surface area contributed by atoms with Crippen molar-refractivity contribution in [2.75, 3.05) is 53.4 Å². The van der Waals surface area contributed by atoms with Crippen LogP contribution in [-0.2, 0) is 51.2 Å². The molecule has 0 aromatic heterocycles. The Morgan fingerprint density at radius 3 is 1.29 bits per heavy atom. The summed E-state index contributed by atoms with van der Waals surface area (Å²) in [6, 6.07) is 10.3.